The summed E-state index contributed by atoms with van der Waals surface area (Å²) in [4.78, 5) is 11.5. The number of ether oxygens (including phenoxy) is 1. The Morgan fingerprint density at radius 3 is 2.35 bits per heavy atom. The van der Waals surface area contributed by atoms with Gasteiger partial charge in [-0.15, -0.1) is 0 Å². The van der Waals surface area contributed by atoms with E-state index in [0.29, 0.717) is 25.0 Å². The zero-order chi connectivity index (χ0) is 13.3. The van der Waals surface area contributed by atoms with Crippen LogP contribution in [0.3, 0.4) is 0 Å². The second-order valence-electron chi connectivity index (χ2n) is 5.32. The number of nitrogens with two attached hydrogens (primary N) is 1. The van der Waals surface area contributed by atoms with E-state index < -0.39 is 6.04 Å². The minimum Gasteiger partial charge on any atom is -0.380 e. The molecule has 0 radical (unpaired) electrons. The highest BCUT2D eigenvalue weighted by Gasteiger charge is 2.13. The zero-order valence-electron chi connectivity index (χ0n) is 11.7. The van der Waals surface area contributed by atoms with Gasteiger partial charge < -0.3 is 15.8 Å². The van der Waals surface area contributed by atoms with Crippen molar-refractivity contribution >= 4 is 5.91 Å². The molecule has 0 aromatic rings. The maximum absolute atomic E-state index is 11.5. The molecule has 0 saturated carbocycles. The first-order chi connectivity index (χ1) is 7.93. The highest BCUT2D eigenvalue weighted by atomic mass is 16.5. The summed E-state index contributed by atoms with van der Waals surface area (Å²) in [5.74, 6) is 1.02. The average Bonchev–Trinajstić information content (AvgIpc) is 2.21. The molecule has 1 unspecified atom stereocenters. The Labute approximate surface area is 105 Å². The third-order valence-corrected chi connectivity index (χ3v) is 2.45. The van der Waals surface area contributed by atoms with Crippen LogP contribution >= 0.6 is 0 Å². The van der Waals surface area contributed by atoms with Crippen LogP contribution in [0.5, 0.6) is 0 Å². The smallest absolute Gasteiger partial charge is 0.237 e. The second kappa shape index (κ2) is 9.42. The fraction of sp³-hybridized carbons (Fsp3) is 0.923. The molecule has 4 nitrogen and oxygen atoms in total. The van der Waals surface area contributed by atoms with Crippen LogP contribution in [0.4, 0.5) is 0 Å². The summed E-state index contributed by atoms with van der Waals surface area (Å²) in [7, 11) is 0. The molecule has 0 heterocycles. The molecule has 0 rings (SSSR count). The summed E-state index contributed by atoms with van der Waals surface area (Å²) in [6, 6.07) is -0.398. The molecule has 0 aliphatic heterocycles. The van der Waals surface area contributed by atoms with Gasteiger partial charge >= 0.3 is 0 Å². The standard InChI is InChI=1S/C13H28N2O2/c1-10(2)5-7-17-8-6-15-13(16)12(14)9-11(3)4/h10-12H,5-9,14H2,1-4H3,(H,15,16). The number of carbonyl (C=O) groups is 1. The van der Waals surface area contributed by atoms with Gasteiger partial charge in [-0.1, -0.05) is 27.7 Å². The van der Waals surface area contributed by atoms with E-state index in [9.17, 15) is 4.79 Å². The first kappa shape index (κ1) is 16.4. The zero-order valence-corrected chi connectivity index (χ0v) is 11.7. The predicted molar refractivity (Wildman–Crippen MR) is 70.7 cm³/mol. The van der Waals surface area contributed by atoms with Crippen molar-refractivity contribution in [3.05, 3.63) is 0 Å². The monoisotopic (exact) mass is 244 g/mol. The van der Waals surface area contributed by atoms with Gasteiger partial charge in [0, 0.05) is 13.2 Å². The molecule has 3 N–H and O–H groups in total. The number of nitrogens with one attached hydrogen (secondary N) is 1. The molecule has 0 aliphatic rings. The number of carbonyl (C=O) groups excluding carboxylic acids is 1. The molecule has 0 spiro atoms. The Balaban J connectivity index is 3.45. The molecular formula is C13H28N2O2. The summed E-state index contributed by atoms with van der Waals surface area (Å²) in [6.45, 7) is 10.3. The van der Waals surface area contributed by atoms with E-state index in [-0.39, 0.29) is 5.91 Å². The maximum Gasteiger partial charge on any atom is 0.237 e. The third kappa shape index (κ3) is 10.3. The van der Waals surface area contributed by atoms with Gasteiger partial charge in [0.2, 0.25) is 5.91 Å². The molecule has 102 valence electrons. The topological polar surface area (TPSA) is 64.3 Å². The fourth-order valence-electron chi connectivity index (χ4n) is 1.41. The van der Waals surface area contributed by atoms with Gasteiger partial charge in [0.1, 0.15) is 0 Å². The first-order valence-corrected chi connectivity index (χ1v) is 6.54. The van der Waals surface area contributed by atoms with Crippen LogP contribution in [0.15, 0.2) is 0 Å². The summed E-state index contributed by atoms with van der Waals surface area (Å²) in [5, 5.41) is 2.79. The van der Waals surface area contributed by atoms with E-state index in [1.165, 1.54) is 0 Å². The molecule has 0 aromatic carbocycles. The van der Waals surface area contributed by atoms with Gasteiger partial charge in [0.15, 0.2) is 0 Å². The quantitative estimate of drug-likeness (QED) is 0.605. The highest BCUT2D eigenvalue weighted by Crippen LogP contribution is 2.02. The van der Waals surface area contributed by atoms with E-state index in [0.717, 1.165) is 19.4 Å². The lowest BCUT2D eigenvalue weighted by atomic mass is 10.0. The van der Waals surface area contributed by atoms with E-state index >= 15 is 0 Å². The van der Waals surface area contributed by atoms with Gasteiger partial charge in [0.05, 0.1) is 12.6 Å². The SMILES string of the molecule is CC(C)CCOCCNC(=O)C(N)CC(C)C. The van der Waals surface area contributed by atoms with E-state index in [1.54, 1.807) is 0 Å². The molecule has 0 aliphatic carbocycles. The van der Waals surface area contributed by atoms with Crippen molar-refractivity contribution in [3.8, 4) is 0 Å². The van der Waals surface area contributed by atoms with E-state index in [4.69, 9.17) is 10.5 Å². The molecule has 0 fully saturated rings. The fourth-order valence-corrected chi connectivity index (χ4v) is 1.41. The minimum absolute atomic E-state index is 0.0776. The number of amides is 1. The average molecular weight is 244 g/mol. The van der Waals surface area contributed by atoms with Crippen LogP contribution in [0.2, 0.25) is 0 Å². The number of hydrogen-bond acceptors (Lipinski definition) is 3. The molecule has 0 saturated heterocycles. The van der Waals surface area contributed by atoms with Gasteiger partial charge in [-0.25, -0.2) is 0 Å². The van der Waals surface area contributed by atoms with Crippen LogP contribution in [0.1, 0.15) is 40.5 Å². The van der Waals surface area contributed by atoms with Crippen molar-refractivity contribution < 1.29 is 9.53 Å². The van der Waals surface area contributed by atoms with Gasteiger partial charge in [-0.2, -0.15) is 0 Å². The second-order valence-corrected chi connectivity index (χ2v) is 5.32. The lowest BCUT2D eigenvalue weighted by molar-refractivity contribution is -0.122. The molecule has 1 amide bonds. The molecule has 17 heavy (non-hydrogen) atoms. The van der Waals surface area contributed by atoms with E-state index in [1.807, 2.05) is 0 Å². The van der Waals surface area contributed by atoms with Crippen LogP contribution in [-0.2, 0) is 9.53 Å². The van der Waals surface area contributed by atoms with Crippen LogP contribution in [0, 0.1) is 11.8 Å². The van der Waals surface area contributed by atoms with Crippen molar-refractivity contribution in [2.24, 2.45) is 17.6 Å². The highest BCUT2D eigenvalue weighted by molar-refractivity contribution is 5.81. The number of hydrogen-bond donors (Lipinski definition) is 2. The Bertz CT molecular complexity index is 206. The summed E-state index contributed by atoms with van der Waals surface area (Å²) < 4.78 is 5.40. The molecule has 1 atom stereocenters. The maximum atomic E-state index is 11.5. The Hall–Kier alpha value is -0.610. The normalized spacial score (nSPS) is 13.1. The van der Waals surface area contributed by atoms with Gasteiger partial charge in [0.25, 0.3) is 0 Å². The molecular weight excluding hydrogens is 216 g/mol. The minimum atomic E-state index is -0.398. The van der Waals surface area contributed by atoms with Gasteiger partial charge in [-0.05, 0) is 24.7 Å². The van der Waals surface area contributed by atoms with Crippen LogP contribution in [-0.4, -0.2) is 31.7 Å². The third-order valence-electron chi connectivity index (χ3n) is 2.45. The van der Waals surface area contributed by atoms with Crippen molar-refractivity contribution in [1.29, 1.82) is 0 Å². The van der Waals surface area contributed by atoms with Crippen molar-refractivity contribution in [1.82, 2.24) is 5.32 Å². The predicted octanol–water partition coefficient (Wildman–Crippen LogP) is 1.54. The Morgan fingerprint density at radius 1 is 1.18 bits per heavy atom. The Morgan fingerprint density at radius 2 is 1.82 bits per heavy atom. The molecule has 0 aromatic heterocycles. The molecule has 4 heteroatoms. The number of rotatable bonds is 9. The summed E-state index contributed by atoms with van der Waals surface area (Å²) in [6.07, 6.45) is 1.78. The van der Waals surface area contributed by atoms with Crippen molar-refractivity contribution in [2.75, 3.05) is 19.8 Å². The van der Waals surface area contributed by atoms with Crippen LogP contribution in [0.25, 0.3) is 0 Å². The van der Waals surface area contributed by atoms with Gasteiger partial charge in [-0.3, -0.25) is 4.79 Å². The van der Waals surface area contributed by atoms with Crippen LogP contribution < -0.4 is 11.1 Å². The van der Waals surface area contributed by atoms with E-state index in [2.05, 4.69) is 33.0 Å². The molecule has 0 bridgehead atoms. The van der Waals surface area contributed by atoms with Crippen molar-refractivity contribution in [2.45, 2.75) is 46.6 Å². The lowest BCUT2D eigenvalue weighted by Crippen LogP contribution is -2.42. The first-order valence-electron chi connectivity index (χ1n) is 6.54. The van der Waals surface area contributed by atoms with Crippen molar-refractivity contribution in [3.63, 3.8) is 0 Å². The lowest BCUT2D eigenvalue weighted by Gasteiger charge is -2.14. The Kier molecular flexibility index (Phi) is 9.09. The summed E-state index contributed by atoms with van der Waals surface area (Å²) in [5.41, 5.74) is 5.75. The summed E-state index contributed by atoms with van der Waals surface area (Å²) >= 11 is 0. The largest absolute Gasteiger partial charge is 0.380 e.